The van der Waals surface area contributed by atoms with Gasteiger partial charge in [0.05, 0.1) is 0 Å². The summed E-state index contributed by atoms with van der Waals surface area (Å²) in [5, 5.41) is 0. The second kappa shape index (κ2) is 8.10. The molecule has 0 aromatic heterocycles. The molecule has 0 N–H and O–H groups in total. The highest BCUT2D eigenvalue weighted by Gasteiger charge is 1.95. The summed E-state index contributed by atoms with van der Waals surface area (Å²) in [6.45, 7) is 15.6. The summed E-state index contributed by atoms with van der Waals surface area (Å²) in [7, 11) is 0. The lowest BCUT2D eigenvalue weighted by Gasteiger charge is -2.05. The Balaban J connectivity index is 0. The van der Waals surface area contributed by atoms with Gasteiger partial charge in [-0.1, -0.05) is 54.9 Å². The van der Waals surface area contributed by atoms with Gasteiger partial charge in [0.1, 0.15) is 0 Å². The molecule has 0 unspecified atom stereocenters. The summed E-state index contributed by atoms with van der Waals surface area (Å²) in [4.78, 5) is 0. The molecule has 0 bridgehead atoms. The molecular weight excluding hydrogens is 132 g/mol. The van der Waals surface area contributed by atoms with Crippen molar-refractivity contribution >= 4 is 0 Å². The van der Waals surface area contributed by atoms with E-state index in [1.165, 1.54) is 6.42 Å². The van der Waals surface area contributed by atoms with Crippen LogP contribution in [0.25, 0.3) is 0 Å². The SMILES string of the molecule is CC(C)C(C)C.CCC(C)C. The van der Waals surface area contributed by atoms with E-state index in [1.807, 2.05) is 0 Å². The fourth-order valence-electron chi connectivity index (χ4n) is 0. The molecule has 0 amide bonds. The lowest BCUT2D eigenvalue weighted by Crippen LogP contribution is -1.95. The van der Waals surface area contributed by atoms with Crippen LogP contribution in [-0.2, 0) is 0 Å². The summed E-state index contributed by atoms with van der Waals surface area (Å²) < 4.78 is 0. The van der Waals surface area contributed by atoms with Crippen molar-refractivity contribution in [1.82, 2.24) is 0 Å². The van der Waals surface area contributed by atoms with Gasteiger partial charge in [-0.25, -0.2) is 0 Å². The highest BCUT2D eigenvalue weighted by atomic mass is 14.0. The summed E-state index contributed by atoms with van der Waals surface area (Å²) >= 11 is 0. The minimum absolute atomic E-state index is 0.852. The Labute approximate surface area is 73.4 Å². The molecule has 0 nitrogen and oxygen atoms in total. The zero-order valence-electron chi connectivity index (χ0n) is 9.44. The number of hydrogen-bond donors (Lipinski definition) is 0. The second-order valence-electron chi connectivity index (χ2n) is 4.29. The first-order valence-electron chi connectivity index (χ1n) is 4.91. The number of rotatable bonds is 2. The Morgan fingerprint density at radius 2 is 0.909 bits per heavy atom. The molecule has 0 aliphatic rings. The lowest BCUT2D eigenvalue weighted by atomic mass is 10.0. The average molecular weight is 158 g/mol. The largest absolute Gasteiger partial charge is 0.0651 e. The van der Waals surface area contributed by atoms with Gasteiger partial charge in [0, 0.05) is 0 Å². The summed E-state index contributed by atoms with van der Waals surface area (Å²) in [6.07, 6.45) is 1.31. The Bertz CT molecular complexity index is 54.4. The summed E-state index contributed by atoms with van der Waals surface area (Å²) in [6, 6.07) is 0. The van der Waals surface area contributed by atoms with E-state index >= 15 is 0 Å². The van der Waals surface area contributed by atoms with Crippen LogP contribution in [0, 0.1) is 17.8 Å². The van der Waals surface area contributed by atoms with Gasteiger partial charge in [-0.2, -0.15) is 0 Å². The van der Waals surface area contributed by atoms with Gasteiger partial charge in [-0.3, -0.25) is 0 Å². The molecule has 0 heterocycles. The molecule has 70 valence electrons. The van der Waals surface area contributed by atoms with Crippen LogP contribution in [0.1, 0.15) is 54.9 Å². The second-order valence-corrected chi connectivity index (χ2v) is 4.29. The van der Waals surface area contributed by atoms with E-state index in [4.69, 9.17) is 0 Å². The quantitative estimate of drug-likeness (QED) is 0.560. The molecule has 0 fully saturated rings. The molecule has 0 radical (unpaired) electrons. The van der Waals surface area contributed by atoms with Crippen molar-refractivity contribution in [2.45, 2.75) is 54.9 Å². The van der Waals surface area contributed by atoms with Crippen LogP contribution < -0.4 is 0 Å². The van der Waals surface area contributed by atoms with Gasteiger partial charge in [0.2, 0.25) is 0 Å². The highest BCUT2D eigenvalue weighted by molar-refractivity contribution is 4.46. The summed E-state index contributed by atoms with van der Waals surface area (Å²) in [5.41, 5.74) is 0. The first kappa shape index (κ1) is 13.6. The molecule has 0 saturated heterocycles. The van der Waals surface area contributed by atoms with E-state index in [1.54, 1.807) is 0 Å². The highest BCUT2D eigenvalue weighted by Crippen LogP contribution is 2.05. The maximum absolute atomic E-state index is 2.24. The maximum Gasteiger partial charge on any atom is -0.0448 e. The van der Waals surface area contributed by atoms with Crippen molar-refractivity contribution < 1.29 is 0 Å². The molecule has 0 aliphatic carbocycles. The molecule has 0 heteroatoms. The van der Waals surface area contributed by atoms with Gasteiger partial charge in [0.25, 0.3) is 0 Å². The molecule has 0 spiro atoms. The van der Waals surface area contributed by atoms with Crippen molar-refractivity contribution in [2.24, 2.45) is 17.8 Å². The van der Waals surface area contributed by atoms with Crippen molar-refractivity contribution in [3.05, 3.63) is 0 Å². The maximum atomic E-state index is 2.24. The zero-order valence-corrected chi connectivity index (χ0v) is 9.44. The van der Waals surface area contributed by atoms with Gasteiger partial charge in [0.15, 0.2) is 0 Å². The third kappa shape index (κ3) is 17.8. The minimum Gasteiger partial charge on any atom is -0.0651 e. The fraction of sp³-hybridized carbons (Fsp3) is 1.00. The molecule has 0 aromatic rings. The molecule has 11 heavy (non-hydrogen) atoms. The zero-order chi connectivity index (χ0) is 9.44. The van der Waals surface area contributed by atoms with E-state index in [0.717, 1.165) is 17.8 Å². The van der Waals surface area contributed by atoms with Crippen LogP contribution in [0.3, 0.4) is 0 Å². The van der Waals surface area contributed by atoms with Crippen LogP contribution >= 0.6 is 0 Å². The predicted molar refractivity (Wildman–Crippen MR) is 54.8 cm³/mol. The molecule has 0 aliphatic heterocycles. The van der Waals surface area contributed by atoms with Crippen LogP contribution in [-0.4, -0.2) is 0 Å². The Kier molecular flexibility index (Phi) is 10.0. The van der Waals surface area contributed by atoms with Crippen LogP contribution in [0.15, 0.2) is 0 Å². The topological polar surface area (TPSA) is 0 Å². The summed E-state index contributed by atoms with van der Waals surface area (Å²) in [5.74, 6) is 2.59. The molecule has 0 rings (SSSR count). The Hall–Kier alpha value is 0. The van der Waals surface area contributed by atoms with Crippen molar-refractivity contribution in [3.8, 4) is 0 Å². The minimum atomic E-state index is 0.852. The van der Waals surface area contributed by atoms with Crippen molar-refractivity contribution in [3.63, 3.8) is 0 Å². The third-order valence-electron chi connectivity index (χ3n) is 2.15. The molecule has 0 aromatic carbocycles. The van der Waals surface area contributed by atoms with E-state index in [9.17, 15) is 0 Å². The molecule has 0 saturated carbocycles. The van der Waals surface area contributed by atoms with E-state index in [2.05, 4.69) is 48.5 Å². The van der Waals surface area contributed by atoms with Crippen molar-refractivity contribution in [1.29, 1.82) is 0 Å². The van der Waals surface area contributed by atoms with Gasteiger partial charge in [-0.15, -0.1) is 0 Å². The van der Waals surface area contributed by atoms with Crippen LogP contribution in [0.2, 0.25) is 0 Å². The smallest absolute Gasteiger partial charge is 0.0448 e. The van der Waals surface area contributed by atoms with Gasteiger partial charge >= 0.3 is 0 Å². The molecule has 0 atom stereocenters. The van der Waals surface area contributed by atoms with Gasteiger partial charge in [-0.05, 0) is 17.8 Å². The van der Waals surface area contributed by atoms with E-state index in [-0.39, 0.29) is 0 Å². The average Bonchev–Trinajstić information content (AvgIpc) is 1.89. The standard InChI is InChI=1S/C6H14.C5H12/c1-5(2)6(3)4;1-4-5(2)3/h5-6H,1-4H3;5H,4H2,1-3H3. The van der Waals surface area contributed by atoms with Gasteiger partial charge < -0.3 is 0 Å². The Morgan fingerprint density at radius 1 is 0.727 bits per heavy atom. The van der Waals surface area contributed by atoms with Crippen molar-refractivity contribution in [2.75, 3.05) is 0 Å². The first-order valence-corrected chi connectivity index (χ1v) is 4.91. The lowest BCUT2D eigenvalue weighted by molar-refractivity contribution is 0.457. The molecular formula is C11H26. The fourth-order valence-corrected chi connectivity index (χ4v) is 0. The van der Waals surface area contributed by atoms with E-state index in [0.29, 0.717) is 0 Å². The normalized spacial score (nSPS) is 10.4. The third-order valence-corrected chi connectivity index (χ3v) is 2.15. The monoisotopic (exact) mass is 158 g/mol. The van der Waals surface area contributed by atoms with E-state index < -0.39 is 0 Å². The predicted octanol–water partition coefficient (Wildman–Crippen LogP) is 4.35. The van der Waals surface area contributed by atoms with Crippen LogP contribution in [0.5, 0.6) is 0 Å². The number of hydrogen-bond acceptors (Lipinski definition) is 0. The first-order chi connectivity index (χ1) is 4.91. The van der Waals surface area contributed by atoms with Crippen LogP contribution in [0.4, 0.5) is 0 Å². The Morgan fingerprint density at radius 3 is 0.909 bits per heavy atom.